The first kappa shape index (κ1) is 16.5. The summed E-state index contributed by atoms with van der Waals surface area (Å²) in [6.07, 6.45) is 4.32. The molecule has 1 aromatic carbocycles. The van der Waals surface area contributed by atoms with E-state index in [0.29, 0.717) is 18.6 Å². The Labute approximate surface area is 151 Å². The van der Waals surface area contributed by atoms with Crippen molar-refractivity contribution in [1.82, 2.24) is 4.98 Å². The maximum atomic E-state index is 12.4. The lowest BCUT2D eigenvalue weighted by molar-refractivity contribution is -0.154. The van der Waals surface area contributed by atoms with E-state index in [4.69, 9.17) is 4.74 Å². The van der Waals surface area contributed by atoms with E-state index in [1.165, 1.54) is 0 Å². The largest absolute Gasteiger partial charge is 0.459 e. The smallest absolute Gasteiger partial charge is 0.309 e. The van der Waals surface area contributed by atoms with E-state index in [1.54, 1.807) is 11.3 Å². The number of aromatic nitrogens is 1. The Morgan fingerprint density at radius 2 is 1.88 bits per heavy atom. The van der Waals surface area contributed by atoms with Gasteiger partial charge >= 0.3 is 5.97 Å². The molecule has 25 heavy (non-hydrogen) atoms. The zero-order chi connectivity index (χ0) is 17.2. The number of carbonyl (C=O) groups excluding carboxylic acids is 2. The number of ether oxygens (including phenoxy) is 1. The number of ketones is 1. The lowest BCUT2D eigenvalue weighted by Gasteiger charge is -2.36. The monoisotopic (exact) mass is 355 g/mol. The molecule has 2 bridgehead atoms. The predicted molar refractivity (Wildman–Crippen MR) is 95.9 cm³/mol. The van der Waals surface area contributed by atoms with Crippen LogP contribution in [0.5, 0.6) is 0 Å². The van der Waals surface area contributed by atoms with Crippen LogP contribution in [0, 0.1) is 17.8 Å². The average molecular weight is 355 g/mol. The molecule has 2 unspecified atom stereocenters. The summed E-state index contributed by atoms with van der Waals surface area (Å²) in [5.74, 6) is 0.240. The second-order valence-electron chi connectivity index (χ2n) is 7.01. The van der Waals surface area contributed by atoms with Crippen LogP contribution < -0.4 is 0 Å². The maximum absolute atomic E-state index is 12.4. The Bertz CT molecular complexity index is 754. The van der Waals surface area contributed by atoms with Crippen molar-refractivity contribution in [2.45, 2.75) is 38.7 Å². The number of fused-ring (bicyclic) bond motifs is 2. The standard InChI is InChI=1S/C20H21NO3S/c22-18-14-7-4-8-15(18)10-16(9-14)20(23)24-11-17-12-25-19(21-17)13-5-2-1-3-6-13/h1-3,5-6,12,14-16H,4,7-11H2. The van der Waals surface area contributed by atoms with E-state index >= 15 is 0 Å². The van der Waals surface area contributed by atoms with Gasteiger partial charge in [-0.1, -0.05) is 36.8 Å². The molecule has 2 aliphatic rings. The Morgan fingerprint density at radius 1 is 1.16 bits per heavy atom. The van der Waals surface area contributed by atoms with Crippen LogP contribution in [0.4, 0.5) is 0 Å². The molecule has 2 aromatic rings. The first-order valence-corrected chi connectivity index (χ1v) is 9.79. The highest BCUT2D eigenvalue weighted by Gasteiger charge is 2.41. The number of esters is 1. The lowest BCUT2D eigenvalue weighted by Crippen LogP contribution is -2.39. The summed E-state index contributed by atoms with van der Waals surface area (Å²) in [6, 6.07) is 9.98. The summed E-state index contributed by atoms with van der Waals surface area (Å²) in [5, 5.41) is 2.87. The van der Waals surface area contributed by atoms with Crippen molar-refractivity contribution in [2.24, 2.45) is 17.8 Å². The quantitative estimate of drug-likeness (QED) is 0.770. The first-order chi connectivity index (χ1) is 12.2. The number of Topliss-reactive ketones (excluding diaryl/α,β-unsaturated/α-hetero) is 1. The lowest BCUT2D eigenvalue weighted by atomic mass is 9.67. The van der Waals surface area contributed by atoms with Gasteiger partial charge in [-0.3, -0.25) is 9.59 Å². The van der Waals surface area contributed by atoms with Crippen molar-refractivity contribution in [3.63, 3.8) is 0 Å². The Balaban J connectivity index is 1.35. The van der Waals surface area contributed by atoms with Gasteiger partial charge in [0.2, 0.25) is 0 Å². The minimum Gasteiger partial charge on any atom is -0.459 e. The fraction of sp³-hybridized carbons (Fsp3) is 0.450. The van der Waals surface area contributed by atoms with Crippen molar-refractivity contribution >= 4 is 23.1 Å². The molecule has 0 saturated heterocycles. The van der Waals surface area contributed by atoms with E-state index in [-0.39, 0.29) is 30.3 Å². The second kappa shape index (κ2) is 7.08. The fourth-order valence-electron chi connectivity index (χ4n) is 4.02. The van der Waals surface area contributed by atoms with Gasteiger partial charge in [0, 0.05) is 22.8 Å². The summed E-state index contributed by atoms with van der Waals surface area (Å²) in [6.45, 7) is 0.210. The topological polar surface area (TPSA) is 56.3 Å². The van der Waals surface area contributed by atoms with Crippen LogP contribution in [0.3, 0.4) is 0 Å². The van der Waals surface area contributed by atoms with Gasteiger partial charge in [-0.25, -0.2) is 4.98 Å². The van der Waals surface area contributed by atoms with Crippen molar-refractivity contribution in [1.29, 1.82) is 0 Å². The van der Waals surface area contributed by atoms with Gasteiger partial charge in [-0.05, 0) is 25.7 Å². The summed E-state index contributed by atoms with van der Waals surface area (Å²) in [4.78, 5) is 29.1. The highest BCUT2D eigenvalue weighted by Crippen LogP contribution is 2.40. The van der Waals surface area contributed by atoms with Gasteiger partial charge in [0.25, 0.3) is 0 Å². The molecular weight excluding hydrogens is 334 g/mol. The van der Waals surface area contributed by atoms with Gasteiger partial charge in [0.1, 0.15) is 17.4 Å². The van der Waals surface area contributed by atoms with E-state index in [2.05, 4.69) is 4.98 Å². The third-order valence-electron chi connectivity index (χ3n) is 5.32. The average Bonchev–Trinajstić information content (AvgIpc) is 3.09. The van der Waals surface area contributed by atoms with Crippen LogP contribution in [0.1, 0.15) is 37.8 Å². The molecule has 2 saturated carbocycles. The highest BCUT2D eigenvalue weighted by molar-refractivity contribution is 7.13. The molecule has 2 fully saturated rings. The van der Waals surface area contributed by atoms with E-state index in [0.717, 1.165) is 35.5 Å². The van der Waals surface area contributed by atoms with Crippen molar-refractivity contribution in [3.05, 3.63) is 41.4 Å². The number of carbonyl (C=O) groups is 2. The normalized spacial score (nSPS) is 25.6. The number of hydrogen-bond donors (Lipinski definition) is 0. The summed E-state index contributed by atoms with van der Waals surface area (Å²) < 4.78 is 5.51. The van der Waals surface area contributed by atoms with Crippen LogP contribution >= 0.6 is 11.3 Å². The molecule has 1 heterocycles. The zero-order valence-corrected chi connectivity index (χ0v) is 14.8. The van der Waals surface area contributed by atoms with Crippen LogP contribution in [-0.4, -0.2) is 16.7 Å². The SMILES string of the molecule is O=C(OCc1csc(-c2ccccc2)n1)C1CC2CCCC(C1)C2=O. The number of hydrogen-bond acceptors (Lipinski definition) is 5. The van der Waals surface area contributed by atoms with Gasteiger partial charge in [0.15, 0.2) is 0 Å². The van der Waals surface area contributed by atoms with Crippen LogP contribution in [0.2, 0.25) is 0 Å². The number of nitrogens with zero attached hydrogens (tertiary/aromatic N) is 1. The third kappa shape index (κ3) is 3.52. The van der Waals surface area contributed by atoms with Crippen LogP contribution in [0.25, 0.3) is 10.6 Å². The molecule has 0 radical (unpaired) electrons. The Hall–Kier alpha value is -2.01. The van der Waals surface area contributed by atoms with Crippen LogP contribution in [0.15, 0.2) is 35.7 Å². The summed E-state index contributed by atoms with van der Waals surface area (Å²) >= 11 is 1.56. The van der Waals surface area contributed by atoms with Gasteiger partial charge < -0.3 is 4.74 Å². The molecular formula is C20H21NO3S. The van der Waals surface area contributed by atoms with Crippen molar-refractivity contribution in [3.8, 4) is 10.6 Å². The molecule has 4 nitrogen and oxygen atoms in total. The van der Waals surface area contributed by atoms with E-state index in [1.807, 2.05) is 35.7 Å². The zero-order valence-electron chi connectivity index (χ0n) is 14.0. The van der Waals surface area contributed by atoms with Crippen LogP contribution in [-0.2, 0) is 20.9 Å². The van der Waals surface area contributed by atoms with Gasteiger partial charge in [-0.15, -0.1) is 11.3 Å². The molecule has 2 atom stereocenters. The molecule has 1 aromatic heterocycles. The molecule has 2 aliphatic carbocycles. The molecule has 0 spiro atoms. The van der Waals surface area contributed by atoms with Gasteiger partial charge in [-0.2, -0.15) is 0 Å². The van der Waals surface area contributed by atoms with Crippen molar-refractivity contribution < 1.29 is 14.3 Å². The number of thiazole rings is 1. The highest BCUT2D eigenvalue weighted by atomic mass is 32.1. The van der Waals surface area contributed by atoms with Gasteiger partial charge in [0.05, 0.1) is 11.6 Å². The fourth-order valence-corrected chi connectivity index (χ4v) is 4.83. The van der Waals surface area contributed by atoms with Crippen molar-refractivity contribution in [2.75, 3.05) is 0 Å². The first-order valence-electron chi connectivity index (χ1n) is 8.91. The summed E-state index contributed by atoms with van der Waals surface area (Å²) in [7, 11) is 0. The predicted octanol–water partition coefficient (Wildman–Crippen LogP) is 4.25. The number of rotatable bonds is 4. The van der Waals surface area contributed by atoms with E-state index < -0.39 is 0 Å². The minimum absolute atomic E-state index is 0.0778. The number of benzene rings is 1. The Kier molecular flexibility index (Phi) is 4.66. The molecule has 5 heteroatoms. The second-order valence-corrected chi connectivity index (χ2v) is 7.87. The summed E-state index contributed by atoms with van der Waals surface area (Å²) in [5.41, 5.74) is 1.85. The maximum Gasteiger partial charge on any atom is 0.309 e. The minimum atomic E-state index is -0.168. The van der Waals surface area contributed by atoms with E-state index in [9.17, 15) is 9.59 Å². The third-order valence-corrected chi connectivity index (χ3v) is 6.26. The molecule has 0 amide bonds. The molecule has 0 N–H and O–H groups in total. The Morgan fingerprint density at radius 3 is 2.60 bits per heavy atom. The molecule has 0 aliphatic heterocycles. The molecule has 130 valence electrons. The molecule has 4 rings (SSSR count).